The number of benzene rings is 2. The van der Waals surface area contributed by atoms with Crippen molar-refractivity contribution in [3.63, 3.8) is 0 Å². The summed E-state index contributed by atoms with van der Waals surface area (Å²) in [6, 6.07) is 5.27. The van der Waals surface area contributed by atoms with Crippen LogP contribution in [-0.2, 0) is 26.2 Å². The van der Waals surface area contributed by atoms with Gasteiger partial charge in [-0.05, 0) is 43.2 Å². The SMILES string of the molecule is CO[C@@H]1[C@@H](O)[C@@H](CO)C(NC2=CC(=O)c3c(cc4c(c3O)C(=O)[C@]3(OC)[C@H](O)Cc5cc(C)c(C(=O)Nc6cccnc6)c(O)c5[C@]3(O)C4=O)C2=O)O[C@H]1C.Cl. The molecule has 2 aromatic carbocycles. The van der Waals surface area contributed by atoms with Gasteiger partial charge in [0.25, 0.3) is 5.91 Å². The van der Waals surface area contributed by atoms with Crippen LogP contribution in [0.4, 0.5) is 5.69 Å². The maximum Gasteiger partial charge on any atom is 0.259 e. The summed E-state index contributed by atoms with van der Waals surface area (Å²) in [6.45, 7) is 2.44. The first-order valence-electron chi connectivity index (χ1n) is 17.2. The van der Waals surface area contributed by atoms with Gasteiger partial charge in [-0.3, -0.25) is 29.0 Å². The number of hydrogen-bond acceptors (Lipinski definition) is 16. The van der Waals surface area contributed by atoms with Crippen LogP contribution < -0.4 is 10.6 Å². The molecule has 1 fully saturated rings. The van der Waals surface area contributed by atoms with Crippen molar-refractivity contribution < 1.29 is 68.8 Å². The number of hydrogen-bond donors (Lipinski definition) is 8. The van der Waals surface area contributed by atoms with Gasteiger partial charge < -0.3 is 55.5 Å². The van der Waals surface area contributed by atoms with Crippen molar-refractivity contribution in [1.29, 1.82) is 0 Å². The molecule has 3 aromatic rings. The van der Waals surface area contributed by atoms with Crippen LogP contribution in [0.15, 0.2) is 48.4 Å². The Bertz CT molecular complexity index is 2230. The number of halogens is 1. The lowest BCUT2D eigenvalue weighted by Crippen LogP contribution is -2.73. The van der Waals surface area contributed by atoms with E-state index >= 15 is 0 Å². The molecule has 1 amide bonds. The lowest BCUT2D eigenvalue weighted by molar-refractivity contribution is -0.214. The molecule has 1 unspecified atom stereocenters. The molecule has 1 aromatic heterocycles. The third kappa shape index (κ3) is 5.49. The molecule has 4 aliphatic rings. The van der Waals surface area contributed by atoms with Crippen molar-refractivity contribution in [3.05, 3.63) is 92.9 Å². The van der Waals surface area contributed by atoms with Crippen LogP contribution in [0.2, 0.25) is 0 Å². The van der Waals surface area contributed by atoms with Crippen LogP contribution in [0.3, 0.4) is 0 Å². The van der Waals surface area contributed by atoms with Crippen molar-refractivity contribution in [3.8, 4) is 11.5 Å². The fourth-order valence-electron chi connectivity index (χ4n) is 8.45. The summed E-state index contributed by atoms with van der Waals surface area (Å²) in [7, 11) is 2.26. The third-order valence-electron chi connectivity index (χ3n) is 11.0. The Balaban J connectivity index is 0.00000532. The standard InChI is InChI=1S/C38H37N3O14.ClH/c1-14-8-16-9-23(44)38(54-4)34(50)26-19(33(49)37(38,52)27(16)31(48)24(14)35(51)40-17-6-5-7-39-12-17)10-18-25(30(26)47)22(43)11-21(28(18)45)41-36-20(13-42)29(46)32(53-3)15(2)55-36;/h5-8,10-12,15,20,23,29,32,36,41-42,44,46-48,52H,9,13H2,1-4H3,(H,40,51);1H/t15-,20+,23+,29-,32-,36?,37-,38+;/m0./s1. The summed E-state index contributed by atoms with van der Waals surface area (Å²) < 4.78 is 16.7. The number of aliphatic hydroxyl groups excluding tert-OH is 3. The zero-order valence-electron chi connectivity index (χ0n) is 30.2. The van der Waals surface area contributed by atoms with Gasteiger partial charge in [0.2, 0.25) is 17.3 Å². The van der Waals surface area contributed by atoms with Crippen LogP contribution in [-0.4, -0.2) is 122 Å². The van der Waals surface area contributed by atoms with Gasteiger partial charge in [0.15, 0.2) is 17.0 Å². The van der Waals surface area contributed by atoms with E-state index in [1.807, 2.05) is 0 Å². The van der Waals surface area contributed by atoms with E-state index in [-0.39, 0.29) is 34.8 Å². The summed E-state index contributed by atoms with van der Waals surface area (Å²) in [5.74, 6) is -8.64. The van der Waals surface area contributed by atoms with Gasteiger partial charge in [-0.2, -0.15) is 0 Å². The number of aromatic nitrogens is 1. The molecule has 8 atom stereocenters. The number of aryl methyl sites for hydroxylation is 1. The Morgan fingerprint density at radius 2 is 1.77 bits per heavy atom. The molecule has 0 spiro atoms. The maximum absolute atomic E-state index is 14.8. The Labute approximate surface area is 324 Å². The summed E-state index contributed by atoms with van der Waals surface area (Å²) in [5.41, 5.74) is -10.0. The van der Waals surface area contributed by atoms with Gasteiger partial charge in [0, 0.05) is 49.6 Å². The van der Waals surface area contributed by atoms with Gasteiger partial charge in [-0.15, -0.1) is 12.4 Å². The number of aromatic hydroxyl groups is 2. The van der Waals surface area contributed by atoms with E-state index in [2.05, 4.69) is 15.6 Å². The second-order valence-corrected chi connectivity index (χ2v) is 13.9. The largest absolute Gasteiger partial charge is 0.507 e. The van der Waals surface area contributed by atoms with Gasteiger partial charge in [-0.25, -0.2) is 0 Å². The van der Waals surface area contributed by atoms with Crippen LogP contribution in [0, 0.1) is 12.8 Å². The van der Waals surface area contributed by atoms with E-state index in [9.17, 15) is 54.6 Å². The summed E-state index contributed by atoms with van der Waals surface area (Å²) in [6.07, 6.45) is -2.88. The number of ether oxygens (including phenoxy) is 3. The van der Waals surface area contributed by atoms with E-state index in [0.717, 1.165) is 19.3 Å². The Morgan fingerprint density at radius 1 is 1.05 bits per heavy atom. The van der Waals surface area contributed by atoms with Crippen molar-refractivity contribution >= 4 is 47.1 Å². The molecular formula is C38H38ClN3O14. The number of methoxy groups -OCH3 is 2. The molecule has 1 aliphatic heterocycles. The van der Waals surface area contributed by atoms with Crippen LogP contribution in [0.25, 0.3) is 0 Å². The van der Waals surface area contributed by atoms with E-state index < -0.39 is 135 Å². The van der Waals surface area contributed by atoms with Crippen molar-refractivity contribution in [2.24, 2.45) is 5.92 Å². The molecular weight excluding hydrogens is 758 g/mol. The minimum Gasteiger partial charge on any atom is -0.507 e. The van der Waals surface area contributed by atoms with Crippen LogP contribution >= 0.6 is 12.4 Å². The van der Waals surface area contributed by atoms with Crippen molar-refractivity contribution in [2.45, 2.75) is 62.1 Å². The number of carbonyl (C=O) groups excluding carboxylic acids is 5. The van der Waals surface area contributed by atoms with Gasteiger partial charge in [-0.1, -0.05) is 6.07 Å². The van der Waals surface area contributed by atoms with Gasteiger partial charge in [0.1, 0.15) is 23.8 Å². The van der Waals surface area contributed by atoms with E-state index in [4.69, 9.17) is 14.2 Å². The number of amides is 1. The minimum atomic E-state index is -3.27. The average molecular weight is 796 g/mol. The predicted octanol–water partition coefficient (Wildman–Crippen LogP) is 0.626. The van der Waals surface area contributed by atoms with E-state index in [0.29, 0.717) is 0 Å². The first-order chi connectivity index (χ1) is 26.1. The maximum atomic E-state index is 14.8. The molecule has 17 nitrogen and oxygen atoms in total. The quantitative estimate of drug-likeness (QED) is 0.163. The molecule has 18 heteroatoms. The first kappa shape index (κ1) is 40.6. The highest BCUT2D eigenvalue weighted by molar-refractivity contribution is 6.31. The monoisotopic (exact) mass is 795 g/mol. The zero-order chi connectivity index (χ0) is 39.9. The minimum absolute atomic E-state index is 0. The molecule has 56 heavy (non-hydrogen) atoms. The summed E-state index contributed by atoms with van der Waals surface area (Å²) >= 11 is 0. The fraction of sp³-hybridized carbons (Fsp3) is 0.368. The number of fused-ring (bicyclic) bond motifs is 5. The van der Waals surface area contributed by atoms with Crippen molar-refractivity contribution in [2.75, 3.05) is 26.1 Å². The highest BCUT2D eigenvalue weighted by Gasteiger charge is 2.72. The van der Waals surface area contributed by atoms with Crippen LogP contribution in [0.5, 0.6) is 11.5 Å². The molecule has 8 N–H and O–H groups in total. The molecule has 2 heterocycles. The summed E-state index contributed by atoms with van der Waals surface area (Å²) in [5, 5.41) is 73.7. The predicted molar refractivity (Wildman–Crippen MR) is 194 cm³/mol. The first-order valence-corrected chi connectivity index (χ1v) is 17.2. The Morgan fingerprint density at radius 3 is 2.39 bits per heavy atom. The topological polar surface area (TPSA) is 271 Å². The van der Waals surface area contributed by atoms with Gasteiger partial charge >= 0.3 is 0 Å². The van der Waals surface area contributed by atoms with Crippen molar-refractivity contribution in [1.82, 2.24) is 10.3 Å². The zero-order valence-corrected chi connectivity index (χ0v) is 31.0. The average Bonchev–Trinajstić information content (AvgIpc) is 3.13. The number of aliphatic hydroxyl groups is 4. The number of phenolic OH excluding ortho intramolecular Hbond substituents is 2. The lowest BCUT2D eigenvalue weighted by atomic mass is 9.56. The molecule has 3 aliphatic carbocycles. The number of anilines is 1. The lowest BCUT2D eigenvalue weighted by Gasteiger charge is -2.53. The molecule has 7 rings (SSSR count). The molecule has 0 saturated carbocycles. The number of phenols is 2. The summed E-state index contributed by atoms with van der Waals surface area (Å²) in [4.78, 5) is 74.5. The Hall–Kier alpha value is -5.11. The van der Waals surface area contributed by atoms with E-state index in [1.54, 1.807) is 13.0 Å². The second kappa shape index (κ2) is 14.4. The van der Waals surface area contributed by atoms with E-state index in [1.165, 1.54) is 38.6 Å². The number of carbonyl (C=O) groups is 5. The molecule has 1 saturated heterocycles. The highest BCUT2D eigenvalue weighted by Crippen LogP contribution is 2.56. The number of pyridine rings is 1. The number of nitrogens with one attached hydrogen (secondary N) is 2. The number of Topliss-reactive ketones (excluding diaryl/α,β-unsaturated/α-hetero) is 3. The number of allylic oxidation sites excluding steroid dienone is 2. The Kier molecular flexibility index (Phi) is 10.5. The molecule has 0 bridgehead atoms. The second-order valence-electron chi connectivity index (χ2n) is 13.9. The van der Waals surface area contributed by atoms with Gasteiger partial charge in [0.05, 0.1) is 65.1 Å². The third-order valence-corrected chi connectivity index (χ3v) is 11.0. The molecule has 296 valence electrons. The number of ketones is 4. The highest BCUT2D eigenvalue weighted by atomic mass is 35.5. The smallest absolute Gasteiger partial charge is 0.259 e. The van der Waals surface area contributed by atoms with Crippen LogP contribution in [0.1, 0.15) is 75.4 Å². The molecule has 0 radical (unpaired) electrons. The fourth-order valence-corrected chi connectivity index (χ4v) is 8.45. The number of rotatable bonds is 7. The normalized spacial score (nSPS) is 29.2. The number of nitrogens with zero attached hydrogens (tertiary/aromatic N) is 1.